The van der Waals surface area contributed by atoms with Crippen LogP contribution in [0.5, 0.6) is 5.75 Å². The monoisotopic (exact) mass is 604 g/mol. The van der Waals surface area contributed by atoms with Gasteiger partial charge in [0.25, 0.3) is 0 Å². The molecule has 1 amide bonds. The average Bonchev–Trinajstić information content (AvgIpc) is 3.27. The van der Waals surface area contributed by atoms with Gasteiger partial charge in [0.1, 0.15) is 18.0 Å². The van der Waals surface area contributed by atoms with Gasteiger partial charge in [0.05, 0.1) is 35.2 Å². The first kappa shape index (κ1) is 31.2. The summed E-state index contributed by atoms with van der Waals surface area (Å²) >= 11 is 0. The molecular formula is C28H29F5N8O2. The summed E-state index contributed by atoms with van der Waals surface area (Å²) in [5.41, 5.74) is 0.924. The van der Waals surface area contributed by atoms with Gasteiger partial charge in [-0.2, -0.15) is 13.2 Å². The molecule has 2 N–H and O–H groups in total. The number of nitrogens with zero attached hydrogens (tertiary/aromatic N) is 6. The van der Waals surface area contributed by atoms with Crippen molar-refractivity contribution in [3.8, 4) is 17.3 Å². The molecule has 0 bridgehead atoms. The number of imidazole rings is 1. The molecule has 4 rings (SSSR count). The normalized spacial score (nSPS) is 11.6. The number of aromatic nitrogens is 4. The molecule has 0 spiro atoms. The average molecular weight is 605 g/mol. The quantitative estimate of drug-likeness (QED) is 0.178. The minimum absolute atomic E-state index is 0.0436. The predicted octanol–water partition coefficient (Wildman–Crippen LogP) is 5.21. The number of alkyl halides is 3. The second-order valence-corrected chi connectivity index (χ2v) is 9.77. The fourth-order valence-corrected chi connectivity index (χ4v) is 4.22. The van der Waals surface area contributed by atoms with E-state index in [4.69, 9.17) is 4.74 Å². The van der Waals surface area contributed by atoms with Gasteiger partial charge in [0.15, 0.2) is 17.5 Å². The zero-order valence-corrected chi connectivity index (χ0v) is 23.8. The lowest BCUT2D eigenvalue weighted by Gasteiger charge is -2.26. The van der Waals surface area contributed by atoms with Crippen LogP contribution in [0.15, 0.2) is 49.2 Å². The maximum Gasteiger partial charge on any atom is 0.406 e. The van der Waals surface area contributed by atoms with Crippen LogP contribution in [0.1, 0.15) is 0 Å². The number of carbonyl (C=O) groups is 1. The highest BCUT2D eigenvalue weighted by molar-refractivity contribution is 6.02. The van der Waals surface area contributed by atoms with Crippen LogP contribution in [-0.2, 0) is 11.3 Å². The smallest absolute Gasteiger partial charge is 0.406 e. The number of rotatable bonds is 11. The van der Waals surface area contributed by atoms with Gasteiger partial charge >= 0.3 is 6.18 Å². The standard InChI is InChI=1S/C28H29F5N8O2/c1-6-25(42)35-20-13-21(24(43-5)14-22(20)40(4)10-9-39(2)3)38-27-34-8-7-18(37-27)26-36-19-11-16(29)17(30)12-23(19)41(26)15-28(31,32)33/h6-8,11-14H,1,9-10,15H2,2-5H3,(H,35,42)(H,34,37,38). The van der Waals surface area contributed by atoms with E-state index in [0.29, 0.717) is 40.0 Å². The van der Waals surface area contributed by atoms with E-state index in [1.54, 1.807) is 12.1 Å². The van der Waals surface area contributed by atoms with Gasteiger partial charge in [-0.15, -0.1) is 0 Å². The molecule has 0 saturated carbocycles. The van der Waals surface area contributed by atoms with Crippen LogP contribution in [-0.4, -0.2) is 77.8 Å². The number of halogens is 5. The largest absolute Gasteiger partial charge is 0.494 e. The van der Waals surface area contributed by atoms with Gasteiger partial charge in [0.2, 0.25) is 11.9 Å². The molecule has 228 valence electrons. The number of fused-ring (bicyclic) bond motifs is 1. The summed E-state index contributed by atoms with van der Waals surface area (Å²) in [6.45, 7) is 3.33. The maximum absolute atomic E-state index is 14.0. The third-order valence-electron chi connectivity index (χ3n) is 6.31. The Bertz CT molecular complexity index is 1650. The lowest BCUT2D eigenvalue weighted by Crippen LogP contribution is -2.29. The highest BCUT2D eigenvalue weighted by atomic mass is 19.4. The number of likely N-dealkylation sites (N-methyl/N-ethyl adjacent to an activating group) is 2. The summed E-state index contributed by atoms with van der Waals surface area (Å²) < 4.78 is 74.6. The number of ether oxygens (including phenoxy) is 1. The third-order valence-corrected chi connectivity index (χ3v) is 6.31. The summed E-state index contributed by atoms with van der Waals surface area (Å²) in [6.07, 6.45) is -2.28. The molecule has 4 aromatic rings. The molecule has 0 fully saturated rings. The van der Waals surface area contributed by atoms with Crippen LogP contribution in [0.2, 0.25) is 0 Å². The van der Waals surface area contributed by atoms with Gasteiger partial charge in [0, 0.05) is 44.5 Å². The first-order chi connectivity index (χ1) is 20.3. The number of hydrogen-bond acceptors (Lipinski definition) is 8. The Hall–Kier alpha value is -4.79. The van der Waals surface area contributed by atoms with Gasteiger partial charge in [-0.3, -0.25) is 4.79 Å². The minimum Gasteiger partial charge on any atom is -0.494 e. The Morgan fingerprint density at radius 2 is 1.79 bits per heavy atom. The molecule has 0 atom stereocenters. The molecular weight excluding hydrogens is 575 g/mol. The van der Waals surface area contributed by atoms with Crippen LogP contribution < -0.4 is 20.3 Å². The Morgan fingerprint density at radius 3 is 2.44 bits per heavy atom. The summed E-state index contributed by atoms with van der Waals surface area (Å²) in [7, 11) is 7.17. The van der Waals surface area contributed by atoms with Gasteiger partial charge < -0.3 is 29.7 Å². The number of anilines is 4. The number of benzene rings is 2. The lowest BCUT2D eigenvalue weighted by molar-refractivity contribution is -0.139. The van der Waals surface area contributed by atoms with E-state index in [-0.39, 0.29) is 28.5 Å². The van der Waals surface area contributed by atoms with Crippen molar-refractivity contribution in [1.82, 2.24) is 24.4 Å². The zero-order valence-electron chi connectivity index (χ0n) is 23.8. The molecule has 0 aliphatic rings. The van der Waals surface area contributed by atoms with Crippen LogP contribution >= 0.6 is 0 Å². The fourth-order valence-electron chi connectivity index (χ4n) is 4.22. The number of carbonyl (C=O) groups excluding carboxylic acids is 1. The van der Waals surface area contributed by atoms with E-state index < -0.39 is 30.3 Å². The molecule has 10 nitrogen and oxygen atoms in total. The predicted molar refractivity (Wildman–Crippen MR) is 154 cm³/mol. The molecule has 15 heteroatoms. The van der Waals surface area contributed by atoms with Crippen molar-refractivity contribution >= 4 is 40.0 Å². The number of nitrogens with one attached hydrogen (secondary N) is 2. The first-order valence-corrected chi connectivity index (χ1v) is 12.8. The molecule has 0 radical (unpaired) electrons. The molecule has 2 heterocycles. The first-order valence-electron chi connectivity index (χ1n) is 12.8. The Balaban J connectivity index is 1.77. The fraction of sp³-hybridized carbons (Fsp3) is 0.286. The number of amides is 1. The molecule has 0 aliphatic heterocycles. The van der Waals surface area contributed by atoms with E-state index in [0.717, 1.165) is 18.7 Å². The highest BCUT2D eigenvalue weighted by Gasteiger charge is 2.31. The van der Waals surface area contributed by atoms with E-state index in [1.165, 1.54) is 19.4 Å². The molecule has 2 aromatic heterocycles. The van der Waals surface area contributed by atoms with Crippen molar-refractivity contribution in [2.45, 2.75) is 12.7 Å². The van der Waals surface area contributed by atoms with Crippen LogP contribution in [0.25, 0.3) is 22.6 Å². The third kappa shape index (κ3) is 7.35. The number of methoxy groups -OCH3 is 1. The summed E-state index contributed by atoms with van der Waals surface area (Å²) in [5, 5.41) is 5.74. The van der Waals surface area contributed by atoms with Crippen molar-refractivity contribution in [1.29, 1.82) is 0 Å². The van der Waals surface area contributed by atoms with Crippen LogP contribution in [0.4, 0.5) is 45.0 Å². The second kappa shape index (κ2) is 12.6. The molecule has 43 heavy (non-hydrogen) atoms. The second-order valence-electron chi connectivity index (χ2n) is 9.77. The van der Waals surface area contributed by atoms with E-state index >= 15 is 0 Å². The summed E-state index contributed by atoms with van der Waals surface area (Å²) in [5.74, 6) is -2.97. The van der Waals surface area contributed by atoms with Crippen molar-refractivity contribution in [3.63, 3.8) is 0 Å². The summed E-state index contributed by atoms with van der Waals surface area (Å²) in [4.78, 5) is 28.8. The van der Waals surface area contributed by atoms with Crippen molar-refractivity contribution in [2.24, 2.45) is 0 Å². The Morgan fingerprint density at radius 1 is 1.07 bits per heavy atom. The molecule has 0 saturated heterocycles. The SMILES string of the molecule is C=CC(=O)Nc1cc(Nc2nccc(-c3nc4cc(F)c(F)cc4n3CC(F)(F)F)n2)c(OC)cc1N(C)CCN(C)C. The zero-order chi connectivity index (χ0) is 31.5. The van der Waals surface area contributed by atoms with Crippen molar-refractivity contribution in [2.75, 3.05) is 56.9 Å². The van der Waals surface area contributed by atoms with Crippen molar-refractivity contribution in [3.05, 3.63) is 60.8 Å². The van der Waals surface area contributed by atoms with Gasteiger partial charge in [-0.1, -0.05) is 6.58 Å². The maximum atomic E-state index is 14.0. The van der Waals surface area contributed by atoms with E-state index in [2.05, 4.69) is 32.2 Å². The highest BCUT2D eigenvalue weighted by Crippen LogP contribution is 2.38. The van der Waals surface area contributed by atoms with Crippen LogP contribution in [0, 0.1) is 11.6 Å². The molecule has 0 unspecified atom stereocenters. The Kier molecular flexibility index (Phi) is 9.13. The Labute approximate surface area is 243 Å². The number of hydrogen-bond donors (Lipinski definition) is 2. The van der Waals surface area contributed by atoms with E-state index in [1.807, 2.05) is 30.9 Å². The topological polar surface area (TPSA) is 100 Å². The van der Waals surface area contributed by atoms with Gasteiger partial charge in [-0.05, 0) is 32.3 Å². The molecule has 0 aliphatic carbocycles. The summed E-state index contributed by atoms with van der Waals surface area (Å²) in [6, 6.07) is 6.01. The van der Waals surface area contributed by atoms with E-state index in [9.17, 15) is 26.7 Å². The lowest BCUT2D eigenvalue weighted by atomic mass is 10.2. The minimum atomic E-state index is -4.69. The molecule has 2 aromatic carbocycles. The van der Waals surface area contributed by atoms with Crippen LogP contribution in [0.3, 0.4) is 0 Å². The van der Waals surface area contributed by atoms with Gasteiger partial charge in [-0.25, -0.2) is 23.7 Å². The van der Waals surface area contributed by atoms with Crippen molar-refractivity contribution < 1.29 is 31.5 Å².